The van der Waals surface area contributed by atoms with E-state index in [4.69, 9.17) is 28.4 Å². The molecule has 4 N–H and O–H groups in total. The molecule has 2 heterocycles. The number of rotatable bonds is 6. The second-order valence-electron chi connectivity index (χ2n) is 4.61. The topological polar surface area (TPSA) is 60.1 Å². The quantitative estimate of drug-likeness (QED) is 0.224. The Morgan fingerprint density at radius 3 is 2.75 bits per heavy atom. The molecule has 0 unspecified atom stereocenters. The van der Waals surface area contributed by atoms with Crippen molar-refractivity contribution in [1.29, 1.82) is 0 Å². The highest BCUT2D eigenvalue weighted by atomic mass is 35.5. The Bertz CT molecular complexity index is 789. The van der Waals surface area contributed by atoms with Gasteiger partial charge in [-0.25, -0.2) is 0 Å². The van der Waals surface area contributed by atoms with Gasteiger partial charge in [0.2, 0.25) is 0 Å². The van der Waals surface area contributed by atoms with Crippen LogP contribution in [-0.4, -0.2) is 16.7 Å². The Morgan fingerprint density at radius 1 is 1.25 bits per heavy atom. The molecule has 0 atom stereocenters. The lowest BCUT2D eigenvalue weighted by Gasteiger charge is -2.02. The summed E-state index contributed by atoms with van der Waals surface area (Å²) in [6.45, 7) is 4.82. The molecule has 0 spiro atoms. The number of fused-ring (bicyclic) bond motifs is 1. The first-order chi connectivity index (χ1) is 11.7. The van der Waals surface area contributed by atoms with Crippen LogP contribution in [0.25, 0.3) is 10.9 Å². The Hall–Kier alpha value is -0.890. The van der Waals surface area contributed by atoms with Gasteiger partial charge in [0.15, 0.2) is 0 Å². The molecule has 24 heavy (non-hydrogen) atoms. The normalized spacial score (nSPS) is 10.5. The summed E-state index contributed by atoms with van der Waals surface area (Å²) in [5.74, 6) is 0. The highest BCUT2D eigenvalue weighted by Gasteiger charge is 2.07. The van der Waals surface area contributed by atoms with Crippen LogP contribution in [0.3, 0.4) is 0 Å². The third-order valence-electron chi connectivity index (χ3n) is 3.18. The molecule has 0 aliphatic rings. The molecule has 3 aromatic rings. The fraction of sp³-hybridized carbons (Fsp3) is 0.250. The molecule has 3 rings (SSSR count). The number of nitrogens with one attached hydrogen (secondary N) is 3. The molecule has 130 valence electrons. The number of benzene rings is 1. The van der Waals surface area contributed by atoms with Crippen LogP contribution in [0, 0.1) is 0 Å². The third-order valence-corrected chi connectivity index (χ3v) is 5.74. The van der Waals surface area contributed by atoms with Crippen LogP contribution in [-0.2, 0) is 6.42 Å². The van der Waals surface area contributed by atoms with E-state index in [0.29, 0.717) is 10.0 Å². The minimum atomic E-state index is 0.532. The maximum atomic E-state index is 8.88. The van der Waals surface area contributed by atoms with Gasteiger partial charge in [-0.1, -0.05) is 43.1 Å². The fourth-order valence-corrected chi connectivity index (χ4v) is 4.49. The molecule has 0 aliphatic carbocycles. The van der Waals surface area contributed by atoms with Crippen molar-refractivity contribution in [3.8, 4) is 0 Å². The molecule has 8 heteroatoms. The van der Waals surface area contributed by atoms with Gasteiger partial charge in [0.05, 0.1) is 9.90 Å². The van der Waals surface area contributed by atoms with Crippen molar-refractivity contribution in [2.75, 3.05) is 12.0 Å². The summed E-state index contributed by atoms with van der Waals surface area (Å²) >= 11 is 14.9. The van der Waals surface area contributed by atoms with Gasteiger partial charge in [-0.05, 0) is 42.1 Å². The number of anilines is 1. The Labute approximate surface area is 159 Å². The smallest absolute Gasteiger partial charge is 0.119 e. The van der Waals surface area contributed by atoms with E-state index < -0.39 is 0 Å². The van der Waals surface area contributed by atoms with Crippen molar-refractivity contribution in [1.82, 2.24) is 9.71 Å². The lowest BCUT2D eigenvalue weighted by Crippen LogP contribution is -2.07. The van der Waals surface area contributed by atoms with E-state index in [1.807, 2.05) is 38.2 Å². The monoisotopic (exact) mass is 403 g/mol. The van der Waals surface area contributed by atoms with E-state index in [2.05, 4.69) is 15.2 Å². The van der Waals surface area contributed by atoms with E-state index in [1.54, 1.807) is 6.07 Å². The number of hydrogen-bond donors (Lipinski definition) is 4. The molecule has 0 radical (unpaired) electrons. The summed E-state index contributed by atoms with van der Waals surface area (Å²) in [5.41, 5.74) is 4.91. The molecule has 0 bridgehead atoms. The summed E-state index contributed by atoms with van der Waals surface area (Å²) in [6, 6.07) is 7.67. The first kappa shape index (κ1) is 19.4. The number of aromatic amines is 1. The summed E-state index contributed by atoms with van der Waals surface area (Å²) in [6.07, 6.45) is 2.92. The van der Waals surface area contributed by atoms with Gasteiger partial charge in [-0.3, -0.25) is 15.4 Å². The van der Waals surface area contributed by atoms with E-state index in [9.17, 15) is 0 Å². The molecule has 1 aromatic carbocycles. The van der Waals surface area contributed by atoms with Crippen molar-refractivity contribution < 1.29 is 5.21 Å². The molecule has 0 aliphatic heterocycles. The zero-order valence-electron chi connectivity index (χ0n) is 13.3. The lowest BCUT2D eigenvalue weighted by atomic mass is 10.1. The zero-order chi connectivity index (χ0) is 17.5. The largest absolute Gasteiger partial charge is 0.361 e. The molecule has 4 nitrogen and oxygen atoms in total. The predicted octanol–water partition coefficient (Wildman–Crippen LogP) is 6.20. The van der Waals surface area contributed by atoms with Crippen LogP contribution in [0.5, 0.6) is 0 Å². The first-order valence-electron chi connectivity index (χ1n) is 7.52. The Balaban J connectivity index is 0.00000100. The summed E-state index contributed by atoms with van der Waals surface area (Å²) in [4.78, 5) is 3.24. The second kappa shape index (κ2) is 9.56. The summed E-state index contributed by atoms with van der Waals surface area (Å²) in [7, 11) is 0. The molecular weight excluding hydrogens is 385 g/mol. The van der Waals surface area contributed by atoms with Crippen LogP contribution < -0.4 is 10.2 Å². The molecule has 0 saturated carbocycles. The van der Waals surface area contributed by atoms with Gasteiger partial charge in [-0.2, -0.15) is 0 Å². The third kappa shape index (κ3) is 4.81. The average molecular weight is 404 g/mol. The minimum absolute atomic E-state index is 0.532. The van der Waals surface area contributed by atoms with E-state index >= 15 is 0 Å². The van der Waals surface area contributed by atoms with Crippen LogP contribution in [0.2, 0.25) is 9.36 Å². The van der Waals surface area contributed by atoms with Crippen molar-refractivity contribution in [2.45, 2.75) is 24.5 Å². The molecular formula is C16H19Cl2N3OS2. The van der Waals surface area contributed by atoms with Crippen LogP contribution in [0.15, 0.2) is 34.7 Å². The summed E-state index contributed by atoms with van der Waals surface area (Å²) in [5, 5.41) is 10.8. The van der Waals surface area contributed by atoms with Crippen LogP contribution in [0.4, 0.5) is 5.69 Å². The number of H-pyrrole nitrogens is 1. The Kier molecular flexibility index (Phi) is 7.74. The van der Waals surface area contributed by atoms with Gasteiger partial charge in [0.1, 0.15) is 4.34 Å². The van der Waals surface area contributed by atoms with E-state index in [0.717, 1.165) is 27.7 Å². The van der Waals surface area contributed by atoms with Gasteiger partial charge in [-0.15, -0.1) is 11.3 Å². The lowest BCUT2D eigenvalue weighted by molar-refractivity contribution is 0.389. The maximum Gasteiger partial charge on any atom is 0.119 e. The molecule has 0 saturated heterocycles. The molecule has 0 amide bonds. The van der Waals surface area contributed by atoms with E-state index in [1.165, 1.54) is 34.2 Å². The van der Waals surface area contributed by atoms with Gasteiger partial charge in [0, 0.05) is 28.7 Å². The van der Waals surface area contributed by atoms with Crippen LogP contribution in [0.1, 0.15) is 19.4 Å². The predicted molar refractivity (Wildman–Crippen MR) is 107 cm³/mol. The molecule has 0 fully saturated rings. The van der Waals surface area contributed by atoms with E-state index in [-0.39, 0.29) is 0 Å². The van der Waals surface area contributed by atoms with Crippen LogP contribution >= 0.6 is 46.5 Å². The summed E-state index contributed by atoms with van der Waals surface area (Å²) < 4.78 is 4.83. The zero-order valence-corrected chi connectivity index (χ0v) is 16.5. The number of halogens is 2. The van der Waals surface area contributed by atoms with Crippen molar-refractivity contribution in [3.05, 3.63) is 45.4 Å². The molecule has 2 aromatic heterocycles. The SMILES string of the molecule is CC.ONc1cc(SNCCc2c[nH]c3cc(Cl)ccc23)sc1Cl. The van der Waals surface area contributed by atoms with Gasteiger partial charge in [0.25, 0.3) is 0 Å². The highest BCUT2D eigenvalue weighted by molar-refractivity contribution is 7.99. The number of hydrogen-bond acceptors (Lipinski definition) is 5. The fourth-order valence-electron chi connectivity index (χ4n) is 2.15. The first-order valence-corrected chi connectivity index (χ1v) is 9.91. The van der Waals surface area contributed by atoms with Crippen molar-refractivity contribution in [3.63, 3.8) is 0 Å². The number of thiophene rings is 1. The minimum Gasteiger partial charge on any atom is -0.361 e. The van der Waals surface area contributed by atoms with Crippen molar-refractivity contribution in [2.24, 2.45) is 0 Å². The highest BCUT2D eigenvalue weighted by Crippen LogP contribution is 2.36. The number of aromatic nitrogens is 1. The second-order valence-corrected chi connectivity index (χ2v) is 7.90. The van der Waals surface area contributed by atoms with Gasteiger partial charge >= 0.3 is 0 Å². The Morgan fingerprint density at radius 2 is 2.04 bits per heavy atom. The average Bonchev–Trinajstić information content (AvgIpc) is 3.16. The maximum absolute atomic E-state index is 8.88. The standard InChI is InChI=1S/C14H13Cl2N3OS2.C2H6/c15-9-1-2-10-8(7-17-11(10)5-9)3-4-18-22-13-6-12(19-20)14(16)21-13;1-2/h1-2,5-7,17-20H,3-4H2;1-2H3. The van der Waals surface area contributed by atoms with Gasteiger partial charge < -0.3 is 4.98 Å². The van der Waals surface area contributed by atoms with Crippen molar-refractivity contribution >= 4 is 63.1 Å².